The van der Waals surface area contributed by atoms with Gasteiger partial charge < -0.3 is 10.4 Å². The maximum absolute atomic E-state index is 11.0. The molecular formula is C13H17BrN2O3. The van der Waals surface area contributed by atoms with Gasteiger partial charge in [0.15, 0.2) is 0 Å². The first-order valence-electron chi connectivity index (χ1n) is 6.30. The SMILES string of the molecule is CC1(O)CCC(Nc2ccc(Br)cc2[N+](=O)[O-])CC1. The lowest BCUT2D eigenvalue weighted by molar-refractivity contribution is -0.384. The maximum atomic E-state index is 11.0. The van der Waals surface area contributed by atoms with Crippen molar-refractivity contribution < 1.29 is 10.0 Å². The van der Waals surface area contributed by atoms with Gasteiger partial charge in [-0.2, -0.15) is 0 Å². The van der Waals surface area contributed by atoms with Crippen molar-refractivity contribution >= 4 is 27.3 Å². The van der Waals surface area contributed by atoms with Crippen molar-refractivity contribution in [3.8, 4) is 0 Å². The summed E-state index contributed by atoms with van der Waals surface area (Å²) in [6.07, 6.45) is 3.07. The Morgan fingerprint density at radius 1 is 1.47 bits per heavy atom. The van der Waals surface area contributed by atoms with Crippen molar-refractivity contribution in [2.24, 2.45) is 0 Å². The van der Waals surface area contributed by atoms with E-state index in [1.54, 1.807) is 12.1 Å². The summed E-state index contributed by atoms with van der Waals surface area (Å²) in [5.74, 6) is 0. The molecule has 1 aliphatic rings. The summed E-state index contributed by atoms with van der Waals surface area (Å²) < 4.78 is 0.691. The Morgan fingerprint density at radius 2 is 2.11 bits per heavy atom. The third-order valence-corrected chi connectivity index (χ3v) is 4.07. The zero-order valence-electron chi connectivity index (χ0n) is 10.7. The largest absolute Gasteiger partial charge is 0.390 e. The van der Waals surface area contributed by atoms with E-state index in [0.29, 0.717) is 10.2 Å². The van der Waals surface area contributed by atoms with Gasteiger partial charge in [0.1, 0.15) is 5.69 Å². The van der Waals surface area contributed by atoms with Crippen LogP contribution in [-0.4, -0.2) is 21.7 Å². The second kappa shape index (κ2) is 5.46. The zero-order chi connectivity index (χ0) is 14.0. The number of hydrogen-bond acceptors (Lipinski definition) is 4. The topological polar surface area (TPSA) is 75.4 Å². The Kier molecular flexibility index (Phi) is 4.10. The van der Waals surface area contributed by atoms with Gasteiger partial charge in [-0.05, 0) is 44.7 Å². The highest BCUT2D eigenvalue weighted by Crippen LogP contribution is 2.33. The van der Waals surface area contributed by atoms with E-state index in [-0.39, 0.29) is 16.7 Å². The monoisotopic (exact) mass is 328 g/mol. The number of nitrogens with zero attached hydrogens (tertiary/aromatic N) is 1. The van der Waals surface area contributed by atoms with E-state index in [4.69, 9.17) is 0 Å². The van der Waals surface area contributed by atoms with E-state index in [9.17, 15) is 15.2 Å². The molecule has 0 aliphatic heterocycles. The minimum atomic E-state index is -0.593. The van der Waals surface area contributed by atoms with Crippen LogP contribution in [0.15, 0.2) is 22.7 Å². The van der Waals surface area contributed by atoms with Gasteiger partial charge >= 0.3 is 0 Å². The highest BCUT2D eigenvalue weighted by molar-refractivity contribution is 9.10. The summed E-state index contributed by atoms with van der Waals surface area (Å²) in [5, 5.41) is 24.1. The summed E-state index contributed by atoms with van der Waals surface area (Å²) in [5.41, 5.74) is 0.0237. The van der Waals surface area contributed by atoms with Crippen LogP contribution < -0.4 is 5.32 Å². The molecule has 0 spiro atoms. The molecule has 1 saturated carbocycles. The quantitative estimate of drug-likeness (QED) is 0.658. The molecule has 2 N–H and O–H groups in total. The molecular weight excluding hydrogens is 312 g/mol. The van der Waals surface area contributed by atoms with Gasteiger partial charge in [-0.15, -0.1) is 0 Å². The smallest absolute Gasteiger partial charge is 0.293 e. The zero-order valence-corrected chi connectivity index (χ0v) is 12.3. The number of nitrogens with one attached hydrogen (secondary N) is 1. The van der Waals surface area contributed by atoms with Crippen LogP contribution in [0.4, 0.5) is 11.4 Å². The van der Waals surface area contributed by atoms with Crippen molar-refractivity contribution in [2.75, 3.05) is 5.32 Å². The van der Waals surface area contributed by atoms with Crippen LogP contribution in [0.2, 0.25) is 0 Å². The van der Waals surface area contributed by atoms with Gasteiger partial charge in [-0.1, -0.05) is 15.9 Å². The van der Waals surface area contributed by atoms with E-state index < -0.39 is 5.60 Å². The van der Waals surface area contributed by atoms with E-state index in [1.807, 2.05) is 6.92 Å². The van der Waals surface area contributed by atoms with Crippen molar-refractivity contribution in [1.82, 2.24) is 0 Å². The van der Waals surface area contributed by atoms with Crippen LogP contribution in [0.5, 0.6) is 0 Å². The highest BCUT2D eigenvalue weighted by Gasteiger charge is 2.29. The molecule has 0 amide bonds. The second-order valence-electron chi connectivity index (χ2n) is 5.33. The van der Waals surface area contributed by atoms with Crippen LogP contribution in [0.25, 0.3) is 0 Å². The average Bonchev–Trinajstić information content (AvgIpc) is 2.33. The van der Waals surface area contributed by atoms with Gasteiger partial charge in [0.05, 0.1) is 10.5 Å². The molecule has 1 aliphatic carbocycles. The van der Waals surface area contributed by atoms with E-state index in [1.165, 1.54) is 6.07 Å². The molecule has 1 aromatic carbocycles. The minimum absolute atomic E-state index is 0.0757. The minimum Gasteiger partial charge on any atom is -0.390 e. The number of halogens is 1. The van der Waals surface area contributed by atoms with Crippen LogP contribution in [-0.2, 0) is 0 Å². The third-order valence-electron chi connectivity index (χ3n) is 3.58. The van der Waals surface area contributed by atoms with Crippen molar-refractivity contribution in [2.45, 2.75) is 44.2 Å². The summed E-state index contributed by atoms with van der Waals surface area (Å²) in [6, 6.07) is 5.19. The highest BCUT2D eigenvalue weighted by atomic mass is 79.9. The molecule has 104 valence electrons. The van der Waals surface area contributed by atoms with Crippen LogP contribution in [0, 0.1) is 10.1 Å². The Bertz CT molecular complexity index is 481. The number of aliphatic hydroxyl groups is 1. The number of anilines is 1. The molecule has 19 heavy (non-hydrogen) atoms. The average molecular weight is 329 g/mol. The molecule has 0 saturated heterocycles. The second-order valence-corrected chi connectivity index (χ2v) is 6.25. The van der Waals surface area contributed by atoms with Gasteiger partial charge in [-0.25, -0.2) is 0 Å². The Morgan fingerprint density at radius 3 is 2.68 bits per heavy atom. The van der Waals surface area contributed by atoms with Gasteiger partial charge in [0, 0.05) is 16.6 Å². The predicted molar refractivity (Wildman–Crippen MR) is 77.3 cm³/mol. The Balaban J connectivity index is 2.10. The number of benzene rings is 1. The molecule has 1 aromatic rings. The number of nitro benzene ring substituents is 1. The number of nitro groups is 1. The molecule has 0 aromatic heterocycles. The normalized spacial score (nSPS) is 27.0. The summed E-state index contributed by atoms with van der Waals surface area (Å²) in [4.78, 5) is 10.6. The number of rotatable bonds is 3. The molecule has 0 heterocycles. The fourth-order valence-electron chi connectivity index (χ4n) is 2.38. The van der Waals surface area contributed by atoms with Crippen LogP contribution in [0.1, 0.15) is 32.6 Å². The predicted octanol–water partition coefficient (Wildman–Crippen LogP) is 3.46. The Hall–Kier alpha value is -1.14. The molecule has 0 unspecified atom stereocenters. The molecule has 0 atom stereocenters. The van der Waals surface area contributed by atoms with E-state index >= 15 is 0 Å². The van der Waals surface area contributed by atoms with Gasteiger partial charge in [0.25, 0.3) is 5.69 Å². The van der Waals surface area contributed by atoms with E-state index in [0.717, 1.165) is 25.7 Å². The molecule has 5 nitrogen and oxygen atoms in total. The summed E-state index contributed by atoms with van der Waals surface area (Å²) >= 11 is 3.24. The fraction of sp³-hybridized carbons (Fsp3) is 0.538. The molecule has 6 heteroatoms. The van der Waals surface area contributed by atoms with Crippen molar-refractivity contribution in [1.29, 1.82) is 0 Å². The van der Waals surface area contributed by atoms with Crippen molar-refractivity contribution in [3.05, 3.63) is 32.8 Å². The standard InChI is InChI=1S/C13H17BrN2O3/c1-13(17)6-4-10(5-7-13)15-11-3-2-9(14)8-12(11)16(18)19/h2-3,8,10,15,17H,4-7H2,1H3. The summed E-state index contributed by atoms with van der Waals surface area (Å²) in [6.45, 7) is 1.84. The van der Waals surface area contributed by atoms with Crippen LogP contribution in [0.3, 0.4) is 0 Å². The Labute approximate surface area is 120 Å². The first-order chi connectivity index (χ1) is 8.87. The lowest BCUT2D eigenvalue weighted by Gasteiger charge is -2.33. The lowest BCUT2D eigenvalue weighted by Crippen LogP contribution is -2.35. The van der Waals surface area contributed by atoms with Gasteiger partial charge in [0.2, 0.25) is 0 Å². The third kappa shape index (κ3) is 3.67. The summed E-state index contributed by atoms with van der Waals surface area (Å²) in [7, 11) is 0. The lowest BCUT2D eigenvalue weighted by atomic mass is 9.83. The fourth-order valence-corrected chi connectivity index (χ4v) is 2.73. The first-order valence-corrected chi connectivity index (χ1v) is 7.09. The molecule has 0 radical (unpaired) electrons. The van der Waals surface area contributed by atoms with E-state index in [2.05, 4.69) is 21.2 Å². The first kappa shape index (κ1) is 14.3. The number of hydrogen-bond donors (Lipinski definition) is 2. The van der Waals surface area contributed by atoms with Crippen molar-refractivity contribution in [3.63, 3.8) is 0 Å². The maximum Gasteiger partial charge on any atom is 0.293 e. The van der Waals surface area contributed by atoms with Crippen LogP contribution >= 0.6 is 15.9 Å². The van der Waals surface area contributed by atoms with Gasteiger partial charge in [-0.3, -0.25) is 10.1 Å². The molecule has 2 rings (SSSR count). The molecule has 0 bridgehead atoms. The molecule has 1 fully saturated rings.